The van der Waals surface area contributed by atoms with Crippen molar-refractivity contribution in [1.29, 1.82) is 0 Å². The van der Waals surface area contributed by atoms with Gasteiger partial charge in [0, 0.05) is 22.2 Å². The van der Waals surface area contributed by atoms with Crippen molar-refractivity contribution >= 4 is 0 Å². The SMILES string of the molecule is CC1(C)CC(CC2CC(C)(C)N(OCc3ccccc3)C(C)(C)C2)CC(C)(C)N1OCc1ccccc1. The van der Waals surface area contributed by atoms with Crippen LogP contribution < -0.4 is 0 Å². The van der Waals surface area contributed by atoms with Gasteiger partial charge in [0.05, 0.1) is 13.2 Å². The average Bonchev–Trinajstić information content (AvgIpc) is 2.77. The van der Waals surface area contributed by atoms with E-state index in [-0.39, 0.29) is 22.2 Å². The van der Waals surface area contributed by atoms with Crippen molar-refractivity contribution < 1.29 is 9.68 Å². The van der Waals surface area contributed by atoms with Crippen LogP contribution in [0.15, 0.2) is 60.7 Å². The topological polar surface area (TPSA) is 24.9 Å². The predicted molar refractivity (Wildman–Crippen MR) is 153 cm³/mol. The van der Waals surface area contributed by atoms with Crippen LogP contribution in [0.3, 0.4) is 0 Å². The molecule has 2 saturated heterocycles. The molecule has 0 amide bonds. The maximum atomic E-state index is 6.49. The summed E-state index contributed by atoms with van der Waals surface area (Å²) < 4.78 is 0. The molecule has 0 atom stereocenters. The molecule has 0 radical (unpaired) electrons. The van der Waals surface area contributed by atoms with Gasteiger partial charge in [0.25, 0.3) is 0 Å². The molecule has 0 unspecified atom stereocenters. The minimum Gasteiger partial charge on any atom is -0.293 e. The van der Waals surface area contributed by atoms with E-state index in [4.69, 9.17) is 9.68 Å². The summed E-state index contributed by atoms with van der Waals surface area (Å²) in [4.78, 5) is 13.0. The van der Waals surface area contributed by atoms with Gasteiger partial charge >= 0.3 is 0 Å². The molecule has 2 aromatic carbocycles. The Morgan fingerprint density at radius 3 is 1.14 bits per heavy atom. The highest BCUT2D eigenvalue weighted by Gasteiger charge is 2.50. The Kier molecular flexibility index (Phi) is 8.26. The molecular weight excluding hydrogens is 456 g/mol. The molecule has 204 valence electrons. The Morgan fingerprint density at radius 2 is 0.838 bits per heavy atom. The van der Waals surface area contributed by atoms with Crippen LogP contribution in [-0.2, 0) is 22.9 Å². The van der Waals surface area contributed by atoms with Crippen LogP contribution in [0.2, 0.25) is 0 Å². The standard InChI is InChI=1S/C33H50N2O2/c1-30(2)20-28(21-31(3,4)34(30)36-24-26-15-11-9-12-16-26)19-29-22-32(5,6)35(33(7,8)23-29)37-25-27-17-13-10-14-18-27/h9-18,28-29H,19-25H2,1-8H3. The lowest BCUT2D eigenvalue weighted by atomic mass is 9.67. The lowest BCUT2D eigenvalue weighted by Gasteiger charge is -2.56. The van der Waals surface area contributed by atoms with E-state index in [1.165, 1.54) is 17.5 Å². The Balaban J connectivity index is 1.39. The van der Waals surface area contributed by atoms with Gasteiger partial charge in [-0.3, -0.25) is 9.68 Å². The molecule has 0 N–H and O–H groups in total. The van der Waals surface area contributed by atoms with Crippen molar-refractivity contribution in [3.8, 4) is 0 Å². The molecule has 2 aliphatic rings. The lowest BCUT2D eigenvalue weighted by Crippen LogP contribution is -2.62. The maximum absolute atomic E-state index is 6.49. The number of hydrogen-bond acceptors (Lipinski definition) is 4. The second-order valence-corrected chi connectivity index (χ2v) is 14.1. The zero-order valence-electron chi connectivity index (χ0n) is 24.6. The van der Waals surface area contributed by atoms with Gasteiger partial charge in [-0.1, -0.05) is 60.7 Å². The molecule has 4 nitrogen and oxygen atoms in total. The maximum Gasteiger partial charge on any atom is 0.0936 e. The number of rotatable bonds is 8. The second kappa shape index (κ2) is 10.8. The lowest BCUT2D eigenvalue weighted by molar-refractivity contribution is -0.302. The van der Waals surface area contributed by atoms with Crippen molar-refractivity contribution in [1.82, 2.24) is 10.1 Å². The van der Waals surface area contributed by atoms with Crippen molar-refractivity contribution in [2.75, 3.05) is 0 Å². The Bertz CT molecular complexity index is 882. The van der Waals surface area contributed by atoms with Gasteiger partial charge in [-0.25, -0.2) is 0 Å². The van der Waals surface area contributed by atoms with Gasteiger partial charge in [-0.05, 0) is 110 Å². The molecule has 2 fully saturated rings. The van der Waals surface area contributed by atoms with E-state index in [1.54, 1.807) is 0 Å². The first-order chi connectivity index (χ1) is 17.3. The smallest absolute Gasteiger partial charge is 0.0936 e. The monoisotopic (exact) mass is 506 g/mol. The van der Waals surface area contributed by atoms with Crippen LogP contribution in [0.5, 0.6) is 0 Å². The molecule has 0 aliphatic carbocycles. The normalized spacial score (nSPS) is 24.2. The minimum atomic E-state index is -0.00820. The van der Waals surface area contributed by atoms with Crippen LogP contribution in [0, 0.1) is 11.8 Å². The second-order valence-electron chi connectivity index (χ2n) is 14.1. The Labute approximate surface area is 226 Å². The fourth-order valence-corrected chi connectivity index (χ4v) is 7.87. The summed E-state index contributed by atoms with van der Waals surface area (Å²) in [6.45, 7) is 20.1. The molecule has 2 heterocycles. The van der Waals surface area contributed by atoms with Crippen molar-refractivity contribution in [2.24, 2.45) is 11.8 Å². The third-order valence-electron chi connectivity index (χ3n) is 8.42. The molecular formula is C33H50N2O2. The highest BCUT2D eigenvalue weighted by molar-refractivity contribution is 5.14. The first-order valence-corrected chi connectivity index (χ1v) is 14.2. The zero-order valence-corrected chi connectivity index (χ0v) is 24.6. The van der Waals surface area contributed by atoms with E-state index < -0.39 is 0 Å². The summed E-state index contributed by atoms with van der Waals surface area (Å²) >= 11 is 0. The molecule has 0 aromatic heterocycles. The number of hydrogen-bond donors (Lipinski definition) is 0. The van der Waals surface area contributed by atoms with Crippen LogP contribution in [-0.4, -0.2) is 32.3 Å². The van der Waals surface area contributed by atoms with Gasteiger partial charge in [0.2, 0.25) is 0 Å². The summed E-state index contributed by atoms with van der Waals surface area (Å²) in [7, 11) is 0. The fourth-order valence-electron chi connectivity index (χ4n) is 7.87. The average molecular weight is 507 g/mol. The van der Waals surface area contributed by atoms with E-state index in [9.17, 15) is 0 Å². The molecule has 2 aromatic rings. The van der Waals surface area contributed by atoms with E-state index in [0.29, 0.717) is 25.0 Å². The van der Waals surface area contributed by atoms with Crippen molar-refractivity contribution in [2.45, 2.75) is 123 Å². The number of hydroxylamine groups is 4. The molecule has 4 rings (SSSR count). The van der Waals surface area contributed by atoms with Gasteiger partial charge in [-0.15, -0.1) is 0 Å². The van der Waals surface area contributed by atoms with E-state index >= 15 is 0 Å². The highest BCUT2D eigenvalue weighted by atomic mass is 16.7. The number of piperidine rings is 2. The van der Waals surface area contributed by atoms with E-state index in [1.807, 2.05) is 0 Å². The zero-order chi connectivity index (χ0) is 26.9. The molecule has 4 heteroatoms. The van der Waals surface area contributed by atoms with Crippen LogP contribution in [0.25, 0.3) is 0 Å². The van der Waals surface area contributed by atoms with Crippen LogP contribution in [0.1, 0.15) is 98.6 Å². The van der Waals surface area contributed by atoms with Gasteiger partial charge in [0.15, 0.2) is 0 Å². The first-order valence-electron chi connectivity index (χ1n) is 14.2. The summed E-state index contributed by atoms with van der Waals surface area (Å²) in [5.74, 6) is 1.38. The summed E-state index contributed by atoms with van der Waals surface area (Å²) in [6, 6.07) is 21.0. The summed E-state index contributed by atoms with van der Waals surface area (Å²) in [6.07, 6.45) is 5.93. The first kappa shape index (κ1) is 28.3. The fraction of sp³-hybridized carbons (Fsp3) is 0.636. The van der Waals surface area contributed by atoms with E-state index in [2.05, 4.69) is 126 Å². The molecule has 0 saturated carbocycles. The van der Waals surface area contributed by atoms with Crippen molar-refractivity contribution in [3.05, 3.63) is 71.8 Å². The third kappa shape index (κ3) is 6.84. The third-order valence-corrected chi connectivity index (χ3v) is 8.42. The van der Waals surface area contributed by atoms with Gasteiger partial charge < -0.3 is 0 Å². The summed E-state index contributed by atoms with van der Waals surface area (Å²) in [5.41, 5.74) is 2.42. The Morgan fingerprint density at radius 1 is 0.541 bits per heavy atom. The quantitative estimate of drug-likeness (QED) is 0.360. The van der Waals surface area contributed by atoms with Crippen LogP contribution >= 0.6 is 0 Å². The Hall–Kier alpha value is -1.72. The van der Waals surface area contributed by atoms with E-state index in [0.717, 1.165) is 25.7 Å². The predicted octanol–water partition coefficient (Wildman–Crippen LogP) is 8.18. The highest BCUT2D eigenvalue weighted by Crippen LogP contribution is 2.48. The molecule has 37 heavy (non-hydrogen) atoms. The number of benzene rings is 2. The van der Waals surface area contributed by atoms with Gasteiger partial charge in [0.1, 0.15) is 0 Å². The number of nitrogens with zero attached hydrogens (tertiary/aromatic N) is 2. The minimum absolute atomic E-state index is 0.00820. The van der Waals surface area contributed by atoms with Crippen molar-refractivity contribution in [3.63, 3.8) is 0 Å². The van der Waals surface area contributed by atoms with Crippen LogP contribution in [0.4, 0.5) is 0 Å². The summed E-state index contributed by atoms with van der Waals surface area (Å²) in [5, 5.41) is 4.61. The molecule has 0 bridgehead atoms. The van der Waals surface area contributed by atoms with Gasteiger partial charge in [-0.2, -0.15) is 10.1 Å². The largest absolute Gasteiger partial charge is 0.293 e. The molecule has 2 aliphatic heterocycles. The molecule has 0 spiro atoms.